The van der Waals surface area contributed by atoms with E-state index < -0.39 is 11.6 Å². The molecule has 0 unspecified atom stereocenters. The number of nitrogens with one attached hydrogen (secondary N) is 1. The molecule has 2 heterocycles. The highest BCUT2D eigenvalue weighted by Gasteiger charge is 2.27. The monoisotopic (exact) mass is 479 g/mol. The molecular weight excluding hydrogens is 462 g/mol. The number of rotatable bonds is 4. The van der Waals surface area contributed by atoms with Gasteiger partial charge in [-0.25, -0.2) is 4.79 Å². The number of hydrogen-bond acceptors (Lipinski definition) is 7. The Morgan fingerprint density at radius 2 is 1.86 bits per heavy atom. The standard InChI is InChI=1S/C19H18BrN3O3S2/c1-10-15(28-23-22-10)16(24)21-17-14(18(25)26-19(2,3)4)13(9-27-17)11-5-7-12(20)8-6-11/h5-9H,1-4H3,(H,21,24). The topological polar surface area (TPSA) is 81.2 Å². The van der Waals surface area contributed by atoms with E-state index in [1.165, 1.54) is 11.3 Å². The Balaban J connectivity index is 2.02. The summed E-state index contributed by atoms with van der Waals surface area (Å²) in [6, 6.07) is 7.61. The zero-order valence-electron chi connectivity index (χ0n) is 15.7. The highest BCUT2D eigenvalue weighted by molar-refractivity contribution is 9.10. The van der Waals surface area contributed by atoms with E-state index in [4.69, 9.17) is 4.74 Å². The maximum atomic E-state index is 12.9. The van der Waals surface area contributed by atoms with Crippen LogP contribution in [0.4, 0.5) is 5.00 Å². The number of carbonyl (C=O) groups is 2. The van der Waals surface area contributed by atoms with Crippen molar-refractivity contribution in [3.63, 3.8) is 0 Å². The average Bonchev–Trinajstić information content (AvgIpc) is 3.20. The molecule has 1 aromatic carbocycles. The molecule has 1 amide bonds. The molecule has 0 saturated carbocycles. The van der Waals surface area contributed by atoms with Crippen LogP contribution in [0.15, 0.2) is 34.1 Å². The fraction of sp³-hybridized carbons (Fsp3) is 0.263. The predicted molar refractivity (Wildman–Crippen MR) is 115 cm³/mol. The van der Waals surface area contributed by atoms with Gasteiger partial charge in [-0.2, -0.15) is 0 Å². The first-order valence-corrected chi connectivity index (χ1v) is 10.8. The SMILES string of the molecule is Cc1nnsc1C(=O)Nc1scc(-c2ccc(Br)cc2)c1C(=O)OC(C)(C)C. The van der Waals surface area contributed by atoms with Crippen LogP contribution in [0.1, 0.15) is 46.5 Å². The summed E-state index contributed by atoms with van der Waals surface area (Å²) in [5, 5.41) is 8.96. The zero-order valence-corrected chi connectivity index (χ0v) is 18.9. The second-order valence-electron chi connectivity index (χ2n) is 7.00. The van der Waals surface area contributed by atoms with Gasteiger partial charge in [0.25, 0.3) is 5.91 Å². The number of esters is 1. The van der Waals surface area contributed by atoms with Gasteiger partial charge in [-0.3, -0.25) is 4.79 Å². The van der Waals surface area contributed by atoms with Crippen LogP contribution < -0.4 is 5.32 Å². The van der Waals surface area contributed by atoms with Crippen molar-refractivity contribution in [2.24, 2.45) is 0 Å². The number of aryl methyl sites for hydroxylation is 1. The third-order valence-corrected chi connectivity index (χ3v) is 5.88. The number of ether oxygens (including phenoxy) is 1. The van der Waals surface area contributed by atoms with Crippen molar-refractivity contribution in [3.8, 4) is 11.1 Å². The Hall–Kier alpha value is -2.10. The van der Waals surface area contributed by atoms with Crippen molar-refractivity contribution in [2.75, 3.05) is 5.32 Å². The molecule has 2 aromatic heterocycles. The molecule has 0 aliphatic rings. The van der Waals surface area contributed by atoms with Crippen LogP contribution in [-0.4, -0.2) is 27.1 Å². The van der Waals surface area contributed by atoms with E-state index in [1.54, 1.807) is 27.7 Å². The zero-order chi connectivity index (χ0) is 20.5. The largest absolute Gasteiger partial charge is 0.456 e. The van der Waals surface area contributed by atoms with Crippen molar-refractivity contribution in [2.45, 2.75) is 33.3 Å². The van der Waals surface area contributed by atoms with Crippen LogP contribution in [0, 0.1) is 6.92 Å². The molecule has 0 fully saturated rings. The second-order valence-corrected chi connectivity index (χ2v) is 9.55. The summed E-state index contributed by atoms with van der Waals surface area (Å²) in [5.74, 6) is -0.831. The molecule has 0 radical (unpaired) electrons. The summed E-state index contributed by atoms with van der Waals surface area (Å²) in [7, 11) is 0. The van der Waals surface area contributed by atoms with Crippen LogP contribution in [0.25, 0.3) is 11.1 Å². The summed E-state index contributed by atoms with van der Waals surface area (Å²) in [6.45, 7) is 7.14. The Morgan fingerprint density at radius 1 is 1.18 bits per heavy atom. The maximum Gasteiger partial charge on any atom is 0.342 e. The van der Waals surface area contributed by atoms with E-state index in [2.05, 4.69) is 30.8 Å². The van der Waals surface area contributed by atoms with Gasteiger partial charge < -0.3 is 10.1 Å². The number of nitrogens with zero attached hydrogens (tertiary/aromatic N) is 2. The van der Waals surface area contributed by atoms with Gasteiger partial charge >= 0.3 is 5.97 Å². The fourth-order valence-corrected chi connectivity index (χ4v) is 4.19. The summed E-state index contributed by atoms with van der Waals surface area (Å²) >= 11 is 5.71. The molecule has 1 N–H and O–H groups in total. The van der Waals surface area contributed by atoms with Crippen LogP contribution in [-0.2, 0) is 4.74 Å². The van der Waals surface area contributed by atoms with Gasteiger partial charge in [0, 0.05) is 15.4 Å². The molecule has 28 heavy (non-hydrogen) atoms. The molecule has 0 atom stereocenters. The average molecular weight is 480 g/mol. The molecule has 0 aliphatic heterocycles. The number of hydrogen-bond donors (Lipinski definition) is 1. The lowest BCUT2D eigenvalue weighted by Crippen LogP contribution is -2.25. The lowest BCUT2D eigenvalue weighted by molar-refractivity contribution is 0.00722. The normalized spacial score (nSPS) is 11.3. The minimum atomic E-state index is -0.657. The Labute approximate surface area is 179 Å². The molecule has 0 aliphatic carbocycles. The third-order valence-electron chi connectivity index (χ3n) is 3.63. The Bertz CT molecular complexity index is 1020. The molecule has 0 saturated heterocycles. The number of benzene rings is 1. The summed E-state index contributed by atoms with van der Waals surface area (Å²) in [6.07, 6.45) is 0. The number of carbonyl (C=O) groups excluding carboxylic acids is 2. The van der Waals surface area contributed by atoms with Crippen molar-refractivity contribution in [1.29, 1.82) is 0 Å². The molecule has 3 rings (SSSR count). The number of aromatic nitrogens is 2. The molecule has 0 spiro atoms. The second kappa shape index (κ2) is 8.10. The van der Waals surface area contributed by atoms with E-state index in [0.717, 1.165) is 21.6 Å². The van der Waals surface area contributed by atoms with Crippen LogP contribution in [0.5, 0.6) is 0 Å². The molecular formula is C19H18BrN3O3S2. The highest BCUT2D eigenvalue weighted by atomic mass is 79.9. The first-order valence-electron chi connectivity index (χ1n) is 8.37. The summed E-state index contributed by atoms with van der Waals surface area (Å²) in [4.78, 5) is 26.0. The van der Waals surface area contributed by atoms with Gasteiger partial charge in [-0.1, -0.05) is 32.6 Å². The molecule has 6 nitrogen and oxygen atoms in total. The van der Waals surface area contributed by atoms with Crippen molar-refractivity contribution in [3.05, 3.63) is 50.3 Å². The van der Waals surface area contributed by atoms with Gasteiger partial charge in [0.1, 0.15) is 21.0 Å². The number of anilines is 1. The van der Waals surface area contributed by atoms with E-state index in [0.29, 0.717) is 26.7 Å². The van der Waals surface area contributed by atoms with Crippen LogP contribution >= 0.6 is 38.8 Å². The van der Waals surface area contributed by atoms with E-state index in [1.807, 2.05) is 29.6 Å². The Kier molecular flexibility index (Phi) is 5.97. The summed E-state index contributed by atoms with van der Waals surface area (Å²) < 4.78 is 10.3. The van der Waals surface area contributed by atoms with Gasteiger partial charge in [0.15, 0.2) is 0 Å². The number of halogens is 1. The maximum absolute atomic E-state index is 12.9. The first-order chi connectivity index (χ1) is 13.2. The van der Waals surface area contributed by atoms with Gasteiger partial charge in [-0.05, 0) is 56.9 Å². The number of thiophene rings is 1. The smallest absolute Gasteiger partial charge is 0.342 e. The molecule has 3 aromatic rings. The van der Waals surface area contributed by atoms with E-state index in [9.17, 15) is 9.59 Å². The lowest BCUT2D eigenvalue weighted by Gasteiger charge is -2.20. The molecule has 0 bridgehead atoms. The lowest BCUT2D eigenvalue weighted by atomic mass is 10.0. The van der Waals surface area contributed by atoms with Gasteiger partial charge in [0.2, 0.25) is 0 Å². The Morgan fingerprint density at radius 3 is 2.43 bits per heavy atom. The minimum absolute atomic E-state index is 0.339. The van der Waals surface area contributed by atoms with Crippen molar-refractivity contribution < 1.29 is 14.3 Å². The fourth-order valence-electron chi connectivity index (χ4n) is 2.42. The van der Waals surface area contributed by atoms with Crippen molar-refractivity contribution in [1.82, 2.24) is 9.59 Å². The van der Waals surface area contributed by atoms with E-state index in [-0.39, 0.29) is 5.91 Å². The molecule has 146 valence electrons. The van der Waals surface area contributed by atoms with E-state index >= 15 is 0 Å². The number of amides is 1. The van der Waals surface area contributed by atoms with Gasteiger partial charge in [0.05, 0.1) is 5.69 Å². The highest BCUT2D eigenvalue weighted by Crippen LogP contribution is 2.37. The minimum Gasteiger partial charge on any atom is -0.456 e. The van der Waals surface area contributed by atoms with Crippen molar-refractivity contribution >= 4 is 55.7 Å². The van der Waals surface area contributed by atoms with Crippen LogP contribution in [0.2, 0.25) is 0 Å². The quantitative estimate of drug-likeness (QED) is 0.496. The third kappa shape index (κ3) is 4.65. The summed E-state index contributed by atoms with van der Waals surface area (Å²) in [5.41, 5.74) is 1.80. The molecule has 9 heteroatoms. The van der Waals surface area contributed by atoms with Gasteiger partial charge in [-0.15, -0.1) is 16.4 Å². The van der Waals surface area contributed by atoms with Crippen LogP contribution in [0.3, 0.4) is 0 Å². The predicted octanol–water partition coefficient (Wildman–Crippen LogP) is 5.55. The first kappa shape index (κ1) is 20.6.